The second-order valence-electron chi connectivity index (χ2n) is 7.36. The lowest BCUT2D eigenvalue weighted by molar-refractivity contribution is -0.121. The van der Waals surface area contributed by atoms with E-state index in [-0.39, 0.29) is 17.1 Å². The Kier molecular flexibility index (Phi) is 5.51. The minimum Gasteiger partial charge on any atom is -0.337 e. The molecule has 1 N–H and O–H groups in total. The van der Waals surface area contributed by atoms with Gasteiger partial charge in [-0.2, -0.15) is 5.26 Å². The molecule has 7 nitrogen and oxygen atoms in total. The second-order valence-corrected chi connectivity index (χ2v) is 8.67. The summed E-state index contributed by atoms with van der Waals surface area (Å²) >= 11 is 1.38. The summed E-state index contributed by atoms with van der Waals surface area (Å²) in [4.78, 5) is 16.7. The van der Waals surface area contributed by atoms with E-state index in [2.05, 4.69) is 31.1 Å². The van der Waals surface area contributed by atoms with Gasteiger partial charge in [-0.1, -0.05) is 25.6 Å². The maximum atomic E-state index is 12.7. The first-order valence-electron chi connectivity index (χ1n) is 9.11. The third kappa shape index (κ3) is 4.14. The van der Waals surface area contributed by atoms with Gasteiger partial charge in [-0.25, -0.2) is 0 Å². The molecular formula is C19H24N6OS. The van der Waals surface area contributed by atoms with Crippen LogP contribution in [0.15, 0.2) is 29.7 Å². The van der Waals surface area contributed by atoms with E-state index in [9.17, 15) is 10.1 Å². The van der Waals surface area contributed by atoms with Gasteiger partial charge in [-0.15, -0.1) is 10.2 Å². The van der Waals surface area contributed by atoms with Crippen LogP contribution >= 0.6 is 11.8 Å². The molecule has 27 heavy (non-hydrogen) atoms. The van der Waals surface area contributed by atoms with Crippen LogP contribution < -0.4 is 5.32 Å². The maximum absolute atomic E-state index is 12.7. The molecule has 1 amide bonds. The van der Waals surface area contributed by atoms with Gasteiger partial charge in [0.25, 0.3) is 0 Å². The highest BCUT2D eigenvalue weighted by Crippen LogP contribution is 2.41. The number of pyridine rings is 1. The SMILES string of the molecule is CC(C)[C@](C)(C#N)NC(=O)[C@@H](C)Sc1nnc(-c2ccncc2)n1C1CC1. The Balaban J connectivity index is 1.79. The normalized spacial score (nSPS) is 17.2. The van der Waals surface area contributed by atoms with E-state index in [4.69, 9.17) is 0 Å². The highest BCUT2D eigenvalue weighted by molar-refractivity contribution is 8.00. The van der Waals surface area contributed by atoms with Gasteiger partial charge >= 0.3 is 0 Å². The van der Waals surface area contributed by atoms with E-state index in [0.29, 0.717) is 6.04 Å². The largest absolute Gasteiger partial charge is 0.337 e. The van der Waals surface area contributed by atoms with E-state index in [1.165, 1.54) is 11.8 Å². The van der Waals surface area contributed by atoms with Gasteiger partial charge in [-0.3, -0.25) is 14.3 Å². The molecule has 1 saturated carbocycles. The summed E-state index contributed by atoms with van der Waals surface area (Å²) in [5, 5.41) is 21.3. The summed E-state index contributed by atoms with van der Waals surface area (Å²) in [6.45, 7) is 7.43. The third-order valence-corrected chi connectivity index (χ3v) is 5.99. The Morgan fingerprint density at radius 2 is 2.00 bits per heavy atom. The van der Waals surface area contributed by atoms with Crippen molar-refractivity contribution in [1.29, 1.82) is 5.26 Å². The summed E-state index contributed by atoms with van der Waals surface area (Å²) in [7, 11) is 0. The molecule has 0 aromatic carbocycles. The lowest BCUT2D eigenvalue weighted by atomic mass is 9.90. The molecule has 1 aliphatic carbocycles. The molecule has 0 spiro atoms. The molecule has 0 radical (unpaired) electrons. The number of rotatable bonds is 7. The van der Waals surface area contributed by atoms with Gasteiger partial charge in [0.1, 0.15) is 5.54 Å². The van der Waals surface area contributed by atoms with Crippen molar-refractivity contribution < 1.29 is 4.79 Å². The van der Waals surface area contributed by atoms with E-state index in [0.717, 1.165) is 29.4 Å². The molecule has 8 heteroatoms. The third-order valence-electron chi connectivity index (χ3n) is 4.94. The van der Waals surface area contributed by atoms with Crippen molar-refractivity contribution in [3.63, 3.8) is 0 Å². The van der Waals surface area contributed by atoms with Gasteiger partial charge in [0.05, 0.1) is 11.3 Å². The van der Waals surface area contributed by atoms with Crippen LogP contribution in [-0.2, 0) is 4.79 Å². The zero-order valence-electron chi connectivity index (χ0n) is 16.0. The molecule has 2 heterocycles. The first-order valence-corrected chi connectivity index (χ1v) is 9.99. The van der Waals surface area contributed by atoms with Crippen LogP contribution in [0.2, 0.25) is 0 Å². The van der Waals surface area contributed by atoms with Crippen LogP contribution in [0.4, 0.5) is 0 Å². The van der Waals surface area contributed by atoms with Gasteiger partial charge < -0.3 is 5.32 Å². The number of hydrogen-bond donors (Lipinski definition) is 1. The number of hydrogen-bond acceptors (Lipinski definition) is 6. The number of nitriles is 1. The lowest BCUT2D eigenvalue weighted by Crippen LogP contribution is -2.51. The van der Waals surface area contributed by atoms with Crippen molar-refractivity contribution in [1.82, 2.24) is 25.1 Å². The molecule has 2 aromatic rings. The van der Waals surface area contributed by atoms with Crippen molar-refractivity contribution in [2.45, 2.75) is 62.5 Å². The van der Waals surface area contributed by atoms with Crippen LogP contribution in [-0.4, -0.2) is 36.4 Å². The Bertz CT molecular complexity index is 855. The molecule has 3 rings (SSSR count). The zero-order chi connectivity index (χ0) is 19.6. The molecule has 0 saturated heterocycles. The maximum Gasteiger partial charge on any atom is 0.234 e. The van der Waals surface area contributed by atoms with Crippen LogP contribution in [0.3, 0.4) is 0 Å². The van der Waals surface area contributed by atoms with Crippen LogP contribution in [0.5, 0.6) is 0 Å². The molecular weight excluding hydrogens is 360 g/mol. The molecule has 0 aliphatic heterocycles. The monoisotopic (exact) mass is 384 g/mol. The lowest BCUT2D eigenvalue weighted by Gasteiger charge is -2.28. The predicted octanol–water partition coefficient (Wildman–Crippen LogP) is 3.21. The van der Waals surface area contributed by atoms with Crippen LogP contribution in [0.1, 0.15) is 46.6 Å². The predicted molar refractivity (Wildman–Crippen MR) is 104 cm³/mol. The quantitative estimate of drug-likeness (QED) is 0.736. The number of carbonyl (C=O) groups is 1. The Morgan fingerprint density at radius 3 is 2.56 bits per heavy atom. The fourth-order valence-corrected chi connectivity index (χ4v) is 3.51. The number of aromatic nitrogens is 4. The molecule has 0 unspecified atom stereocenters. The summed E-state index contributed by atoms with van der Waals surface area (Å²) in [5.41, 5.74) is 0.0726. The number of thioether (sulfide) groups is 1. The highest BCUT2D eigenvalue weighted by atomic mass is 32.2. The fraction of sp³-hybridized carbons (Fsp3) is 0.526. The minimum absolute atomic E-state index is 0.0112. The van der Waals surface area contributed by atoms with Gasteiger partial charge in [-0.05, 0) is 44.7 Å². The van der Waals surface area contributed by atoms with Gasteiger partial charge in [0.2, 0.25) is 5.91 Å². The highest BCUT2D eigenvalue weighted by Gasteiger charge is 2.34. The van der Waals surface area contributed by atoms with Crippen molar-refractivity contribution in [2.24, 2.45) is 5.92 Å². The Labute approximate surface area is 163 Å². The van der Waals surface area contributed by atoms with Crippen LogP contribution in [0.25, 0.3) is 11.4 Å². The molecule has 2 atom stereocenters. The summed E-state index contributed by atoms with van der Waals surface area (Å²) in [6.07, 6.45) is 5.64. The molecule has 2 aromatic heterocycles. The Morgan fingerprint density at radius 1 is 1.33 bits per heavy atom. The number of nitrogens with one attached hydrogen (secondary N) is 1. The van der Waals surface area contributed by atoms with Gasteiger partial charge in [0, 0.05) is 24.0 Å². The summed E-state index contributed by atoms with van der Waals surface area (Å²) < 4.78 is 2.12. The van der Waals surface area contributed by atoms with Crippen molar-refractivity contribution in [2.75, 3.05) is 0 Å². The standard InChI is InChI=1S/C19H24N6OS/c1-12(2)19(4,11-20)22-17(26)13(3)27-18-24-23-16(25(18)15-5-6-15)14-7-9-21-10-8-14/h7-10,12-13,15H,5-6H2,1-4H3,(H,22,26)/t13-,19+/m1/s1. The summed E-state index contributed by atoms with van der Waals surface area (Å²) in [6, 6.07) is 6.41. The molecule has 142 valence electrons. The van der Waals surface area contributed by atoms with Crippen LogP contribution in [0, 0.1) is 17.2 Å². The smallest absolute Gasteiger partial charge is 0.234 e. The van der Waals surface area contributed by atoms with E-state index < -0.39 is 5.54 Å². The van der Waals surface area contributed by atoms with Crippen molar-refractivity contribution in [3.8, 4) is 17.5 Å². The van der Waals surface area contributed by atoms with Crippen molar-refractivity contribution in [3.05, 3.63) is 24.5 Å². The second kappa shape index (κ2) is 7.69. The topological polar surface area (TPSA) is 96.5 Å². The van der Waals surface area contributed by atoms with E-state index >= 15 is 0 Å². The van der Waals surface area contributed by atoms with E-state index in [1.807, 2.05) is 32.9 Å². The fourth-order valence-electron chi connectivity index (χ4n) is 2.59. The number of nitrogens with zero attached hydrogens (tertiary/aromatic N) is 5. The average Bonchev–Trinajstić information content (AvgIpc) is 3.42. The first kappa shape index (κ1) is 19.4. The first-order chi connectivity index (χ1) is 12.9. The van der Waals surface area contributed by atoms with Gasteiger partial charge in [0.15, 0.2) is 11.0 Å². The van der Waals surface area contributed by atoms with Crippen molar-refractivity contribution >= 4 is 17.7 Å². The average molecular weight is 385 g/mol. The zero-order valence-corrected chi connectivity index (χ0v) is 16.8. The molecule has 1 aliphatic rings. The summed E-state index contributed by atoms with van der Waals surface area (Å²) in [5.74, 6) is 0.643. The van der Waals surface area contributed by atoms with E-state index in [1.54, 1.807) is 19.3 Å². The number of amides is 1. The molecule has 0 bridgehead atoms. The molecule has 1 fully saturated rings. The Hall–Kier alpha value is -2.40. The minimum atomic E-state index is -0.891. The number of carbonyl (C=O) groups excluding carboxylic acids is 1.